The van der Waals surface area contributed by atoms with Gasteiger partial charge in [-0.25, -0.2) is 0 Å². The Morgan fingerprint density at radius 3 is 2.45 bits per heavy atom. The van der Waals surface area contributed by atoms with Crippen LogP contribution in [0.1, 0.15) is 40.0 Å². The van der Waals surface area contributed by atoms with Crippen molar-refractivity contribution < 1.29 is 24.9 Å². The number of aliphatic hydroxyl groups is 3. The molecule has 0 aromatic rings. The van der Waals surface area contributed by atoms with Crippen molar-refractivity contribution in [3.05, 3.63) is 0 Å². The second-order valence-electron chi connectivity index (χ2n) is 7.32. The maximum atomic E-state index is 12.6. The smallest absolute Gasteiger partial charge is 0.175 e. The predicted molar refractivity (Wildman–Crippen MR) is 69.7 cm³/mol. The fourth-order valence-corrected chi connectivity index (χ4v) is 5.39. The van der Waals surface area contributed by atoms with E-state index in [4.69, 9.17) is 0 Å². The first-order valence-electron chi connectivity index (χ1n) is 7.22. The molecule has 5 heteroatoms. The van der Waals surface area contributed by atoms with Crippen LogP contribution >= 0.6 is 0 Å². The van der Waals surface area contributed by atoms with Gasteiger partial charge in [-0.2, -0.15) is 0 Å². The molecule has 4 rings (SSSR count). The molecule has 1 spiro atoms. The van der Waals surface area contributed by atoms with E-state index in [1.807, 2.05) is 6.92 Å². The van der Waals surface area contributed by atoms with Crippen molar-refractivity contribution in [2.75, 3.05) is 6.61 Å². The van der Waals surface area contributed by atoms with Crippen molar-refractivity contribution in [1.82, 2.24) is 0 Å². The highest BCUT2D eigenvalue weighted by molar-refractivity contribution is 6.14. The number of hydrogen-bond acceptors (Lipinski definition) is 5. The minimum atomic E-state index is -1.51. The maximum absolute atomic E-state index is 12.6. The largest absolute Gasteiger partial charge is 0.396 e. The van der Waals surface area contributed by atoms with E-state index in [9.17, 15) is 24.9 Å². The van der Waals surface area contributed by atoms with Gasteiger partial charge >= 0.3 is 0 Å². The Hall–Kier alpha value is -0.780. The Balaban J connectivity index is 2.37. The summed E-state index contributed by atoms with van der Waals surface area (Å²) >= 11 is 0. The highest BCUT2D eigenvalue weighted by Crippen LogP contribution is 2.73. The molecule has 0 aliphatic heterocycles. The average Bonchev–Trinajstić information content (AvgIpc) is 2.68. The SMILES string of the molecule is C[C@@H]1CC[C@@]2(O)[C@]13CC(=O)[C@](C)(C(=O)[C@H]3O)[C@@]2(C)CO. The van der Waals surface area contributed by atoms with Gasteiger partial charge in [-0.05, 0) is 25.7 Å². The summed E-state index contributed by atoms with van der Waals surface area (Å²) < 4.78 is 0. The Bertz CT molecular complexity index is 516. The Morgan fingerprint density at radius 1 is 1.30 bits per heavy atom. The number of aliphatic hydroxyl groups excluding tert-OH is 2. The standard InChI is InChI=1S/C15H22O5/c1-8-4-5-15(20)12(2,7-16)13(3)9(17)6-14(8,15)11(19)10(13)18/h8,11,16,19-20H,4-7H2,1-3H3/t8-,11-,12-,13-,14-,15+/m1/s1. The molecule has 20 heavy (non-hydrogen) atoms. The van der Waals surface area contributed by atoms with Crippen LogP contribution in [0.15, 0.2) is 0 Å². The molecule has 3 N–H and O–H groups in total. The van der Waals surface area contributed by atoms with Gasteiger partial charge in [0, 0.05) is 17.3 Å². The number of Topliss-reactive ketones (excluding diaryl/α,β-unsaturated/α-hetero) is 2. The lowest BCUT2D eigenvalue weighted by atomic mass is 9.35. The van der Waals surface area contributed by atoms with Crippen LogP contribution in [0.4, 0.5) is 0 Å². The Morgan fingerprint density at radius 2 is 1.90 bits per heavy atom. The molecule has 0 aromatic heterocycles. The van der Waals surface area contributed by atoms with E-state index in [1.165, 1.54) is 6.92 Å². The van der Waals surface area contributed by atoms with Crippen LogP contribution < -0.4 is 0 Å². The first-order valence-corrected chi connectivity index (χ1v) is 7.22. The lowest BCUT2D eigenvalue weighted by Crippen LogP contribution is -2.81. The first-order chi connectivity index (χ1) is 9.13. The molecule has 0 saturated heterocycles. The van der Waals surface area contributed by atoms with E-state index in [0.29, 0.717) is 12.8 Å². The summed E-state index contributed by atoms with van der Waals surface area (Å²) in [6.45, 7) is 4.51. The third-order valence-corrected chi connectivity index (χ3v) is 7.16. The molecule has 4 aliphatic carbocycles. The molecule has 112 valence electrons. The molecule has 0 radical (unpaired) electrons. The van der Waals surface area contributed by atoms with Gasteiger partial charge in [0.15, 0.2) is 5.78 Å². The second kappa shape index (κ2) is 3.51. The zero-order chi connectivity index (χ0) is 15.1. The molecule has 5 nitrogen and oxygen atoms in total. The highest BCUT2D eigenvalue weighted by Gasteiger charge is 2.84. The summed E-state index contributed by atoms with van der Waals surface area (Å²) in [5, 5.41) is 31.8. The first kappa shape index (κ1) is 14.2. The van der Waals surface area contributed by atoms with Crippen molar-refractivity contribution in [2.24, 2.45) is 22.2 Å². The van der Waals surface area contributed by atoms with E-state index >= 15 is 0 Å². The second-order valence-corrected chi connectivity index (χ2v) is 7.32. The van der Waals surface area contributed by atoms with Crippen LogP contribution in [-0.2, 0) is 9.59 Å². The van der Waals surface area contributed by atoms with Gasteiger partial charge in [0.25, 0.3) is 0 Å². The molecule has 0 heterocycles. The van der Waals surface area contributed by atoms with Crippen LogP contribution in [0.3, 0.4) is 0 Å². The molecule has 4 fully saturated rings. The molecule has 6 atom stereocenters. The summed E-state index contributed by atoms with van der Waals surface area (Å²) in [7, 11) is 0. The molecule has 0 aromatic carbocycles. The molecule has 4 aliphatic rings. The summed E-state index contributed by atoms with van der Waals surface area (Å²) in [6.07, 6.45) is -0.269. The van der Waals surface area contributed by atoms with Gasteiger partial charge in [-0.15, -0.1) is 0 Å². The van der Waals surface area contributed by atoms with Gasteiger partial charge in [-0.3, -0.25) is 9.59 Å². The monoisotopic (exact) mass is 282 g/mol. The Kier molecular flexibility index (Phi) is 2.49. The average molecular weight is 282 g/mol. The molecule has 4 saturated carbocycles. The minimum absolute atomic E-state index is 0.0175. The number of fused-ring (bicyclic) bond motifs is 2. The van der Waals surface area contributed by atoms with Crippen molar-refractivity contribution in [1.29, 1.82) is 0 Å². The van der Waals surface area contributed by atoms with Crippen LogP contribution in [-0.4, -0.2) is 45.2 Å². The lowest BCUT2D eigenvalue weighted by molar-refractivity contribution is -0.281. The summed E-state index contributed by atoms with van der Waals surface area (Å²) in [5.41, 5.74) is -5.28. The van der Waals surface area contributed by atoms with Gasteiger partial charge in [0.2, 0.25) is 0 Å². The van der Waals surface area contributed by atoms with Crippen LogP contribution in [0, 0.1) is 22.2 Å². The molecule has 0 amide bonds. The molecule has 2 bridgehead atoms. The third kappa shape index (κ3) is 0.973. The van der Waals surface area contributed by atoms with Crippen LogP contribution in [0.25, 0.3) is 0 Å². The molecular weight excluding hydrogens is 260 g/mol. The van der Waals surface area contributed by atoms with Crippen molar-refractivity contribution >= 4 is 11.6 Å². The van der Waals surface area contributed by atoms with E-state index in [-0.39, 0.29) is 18.1 Å². The lowest BCUT2D eigenvalue weighted by Gasteiger charge is -2.68. The third-order valence-electron chi connectivity index (χ3n) is 7.16. The van der Waals surface area contributed by atoms with E-state index in [0.717, 1.165) is 0 Å². The van der Waals surface area contributed by atoms with Gasteiger partial charge in [0.1, 0.15) is 11.9 Å². The van der Waals surface area contributed by atoms with E-state index < -0.39 is 40.3 Å². The zero-order valence-corrected chi connectivity index (χ0v) is 12.1. The van der Waals surface area contributed by atoms with Crippen LogP contribution in [0.2, 0.25) is 0 Å². The van der Waals surface area contributed by atoms with Gasteiger partial charge in [0.05, 0.1) is 17.6 Å². The Labute approximate surface area is 118 Å². The summed E-state index contributed by atoms with van der Waals surface area (Å²) in [4.78, 5) is 25.2. The fraction of sp³-hybridized carbons (Fsp3) is 0.867. The molecule has 0 unspecified atom stereocenters. The number of carbonyl (C=O) groups is 2. The number of carbonyl (C=O) groups excluding carboxylic acids is 2. The minimum Gasteiger partial charge on any atom is -0.396 e. The van der Waals surface area contributed by atoms with Gasteiger partial charge < -0.3 is 15.3 Å². The van der Waals surface area contributed by atoms with Crippen molar-refractivity contribution in [2.45, 2.75) is 51.7 Å². The van der Waals surface area contributed by atoms with Crippen molar-refractivity contribution in [3.8, 4) is 0 Å². The zero-order valence-electron chi connectivity index (χ0n) is 12.1. The number of hydrogen-bond donors (Lipinski definition) is 3. The van der Waals surface area contributed by atoms with E-state index in [1.54, 1.807) is 6.92 Å². The van der Waals surface area contributed by atoms with Gasteiger partial charge in [-0.1, -0.05) is 13.8 Å². The normalized spacial score (nSPS) is 58.1. The van der Waals surface area contributed by atoms with Crippen molar-refractivity contribution in [3.63, 3.8) is 0 Å². The number of ketones is 2. The highest BCUT2D eigenvalue weighted by atomic mass is 16.3. The molecular formula is C15H22O5. The predicted octanol–water partition coefficient (Wildman–Crippen LogP) is 0.0551. The summed E-state index contributed by atoms with van der Waals surface area (Å²) in [5.74, 6) is -0.933. The van der Waals surface area contributed by atoms with E-state index in [2.05, 4.69) is 0 Å². The quantitative estimate of drug-likeness (QED) is 0.591. The maximum Gasteiger partial charge on any atom is 0.175 e. The topological polar surface area (TPSA) is 94.8 Å². The fourth-order valence-electron chi connectivity index (χ4n) is 5.39. The summed E-state index contributed by atoms with van der Waals surface area (Å²) in [6, 6.07) is 0. The van der Waals surface area contributed by atoms with Crippen LogP contribution in [0.5, 0.6) is 0 Å². The number of rotatable bonds is 1.